The molecule has 0 bridgehead atoms. The Labute approximate surface area is 188 Å². The molecule has 0 aliphatic rings. The molecule has 1 amide bonds. The molecule has 10 heteroatoms. The summed E-state index contributed by atoms with van der Waals surface area (Å²) < 4.78 is 40.4. The van der Waals surface area contributed by atoms with E-state index in [0.717, 1.165) is 35.1 Å². The van der Waals surface area contributed by atoms with Crippen molar-refractivity contribution in [2.75, 3.05) is 30.1 Å². The van der Waals surface area contributed by atoms with Crippen molar-refractivity contribution in [1.82, 2.24) is 14.8 Å². The van der Waals surface area contributed by atoms with Crippen LogP contribution in [-0.2, 0) is 17.5 Å². The molecule has 0 atom stereocenters. The first-order valence-electron chi connectivity index (χ1n) is 9.61. The maximum atomic E-state index is 12.9. The highest BCUT2D eigenvalue weighted by molar-refractivity contribution is 7.99. The number of benzene rings is 2. The van der Waals surface area contributed by atoms with Gasteiger partial charge in [0.15, 0.2) is 11.0 Å². The minimum absolute atomic E-state index is 0.0366. The van der Waals surface area contributed by atoms with Crippen LogP contribution in [0.25, 0.3) is 11.4 Å². The fourth-order valence-corrected chi connectivity index (χ4v) is 3.66. The maximum absolute atomic E-state index is 12.9. The second kappa shape index (κ2) is 9.90. The van der Waals surface area contributed by atoms with E-state index < -0.39 is 17.6 Å². The molecule has 1 N–H and O–H groups in total. The number of hydrogen-bond acceptors (Lipinski definition) is 5. The molecule has 0 saturated heterocycles. The van der Waals surface area contributed by atoms with Gasteiger partial charge in [0.2, 0.25) is 5.91 Å². The van der Waals surface area contributed by atoms with Crippen LogP contribution in [0, 0.1) is 0 Å². The number of thioether (sulfide) groups is 1. The Hall–Kier alpha value is -3.27. The molecule has 168 valence electrons. The van der Waals surface area contributed by atoms with Gasteiger partial charge in [-0.25, -0.2) is 0 Å². The normalized spacial score (nSPS) is 11.3. The lowest BCUT2D eigenvalue weighted by molar-refractivity contribution is -0.137. The zero-order chi connectivity index (χ0) is 23.3. The largest absolute Gasteiger partial charge is 0.416 e. The fraction of sp³-hybridized carbons (Fsp3) is 0.227. The van der Waals surface area contributed by atoms with Crippen molar-refractivity contribution >= 4 is 29.0 Å². The average molecular weight is 462 g/mol. The molecule has 1 heterocycles. The summed E-state index contributed by atoms with van der Waals surface area (Å²) in [5, 5.41) is 11.4. The summed E-state index contributed by atoms with van der Waals surface area (Å²) in [6.45, 7) is 4.20. The molecule has 0 aliphatic carbocycles. The quantitative estimate of drug-likeness (QED) is 0.380. The van der Waals surface area contributed by atoms with E-state index in [9.17, 15) is 18.0 Å². The number of anilines is 2. The maximum Gasteiger partial charge on any atom is 0.416 e. The molecule has 32 heavy (non-hydrogen) atoms. The Kier molecular flexibility index (Phi) is 7.24. The summed E-state index contributed by atoms with van der Waals surface area (Å²) in [5.41, 5.74) is 1.17. The SMILES string of the molecule is C=CCn1c(SCC(=O)Nc2cccc(C(F)(F)F)c2)nnc1-c1ccc(N(C)C)cc1. The lowest BCUT2D eigenvalue weighted by atomic mass is 10.2. The molecule has 6 nitrogen and oxygen atoms in total. The lowest BCUT2D eigenvalue weighted by Crippen LogP contribution is -2.15. The van der Waals surface area contributed by atoms with E-state index >= 15 is 0 Å². The van der Waals surface area contributed by atoms with Crippen molar-refractivity contribution in [3.8, 4) is 11.4 Å². The number of nitrogens with one attached hydrogen (secondary N) is 1. The van der Waals surface area contributed by atoms with Gasteiger partial charge in [-0.15, -0.1) is 16.8 Å². The van der Waals surface area contributed by atoms with E-state index in [1.807, 2.05) is 47.8 Å². The predicted molar refractivity (Wildman–Crippen MR) is 121 cm³/mol. The molecule has 0 aliphatic heterocycles. The highest BCUT2D eigenvalue weighted by atomic mass is 32.2. The number of aromatic nitrogens is 3. The van der Waals surface area contributed by atoms with Crippen LogP contribution < -0.4 is 10.2 Å². The van der Waals surface area contributed by atoms with Crippen molar-refractivity contribution < 1.29 is 18.0 Å². The number of halogens is 3. The van der Waals surface area contributed by atoms with Gasteiger partial charge in [-0.2, -0.15) is 13.2 Å². The highest BCUT2D eigenvalue weighted by Gasteiger charge is 2.30. The molecule has 0 fully saturated rings. The molecule has 0 saturated carbocycles. The van der Waals surface area contributed by atoms with E-state index in [-0.39, 0.29) is 11.4 Å². The van der Waals surface area contributed by atoms with Gasteiger partial charge in [0.25, 0.3) is 0 Å². The number of rotatable bonds is 8. The van der Waals surface area contributed by atoms with Crippen LogP contribution in [0.5, 0.6) is 0 Å². The Morgan fingerprint density at radius 1 is 1.19 bits per heavy atom. The van der Waals surface area contributed by atoms with Crippen LogP contribution in [0.4, 0.5) is 24.5 Å². The number of allylic oxidation sites excluding steroid dienone is 1. The zero-order valence-electron chi connectivity index (χ0n) is 17.6. The van der Waals surface area contributed by atoms with Crippen LogP contribution in [-0.4, -0.2) is 40.5 Å². The van der Waals surface area contributed by atoms with E-state index in [2.05, 4.69) is 22.1 Å². The van der Waals surface area contributed by atoms with Crippen LogP contribution in [0.2, 0.25) is 0 Å². The minimum atomic E-state index is -4.47. The third-order valence-electron chi connectivity index (χ3n) is 4.48. The molecule has 3 aromatic rings. The first-order valence-corrected chi connectivity index (χ1v) is 10.6. The predicted octanol–water partition coefficient (Wildman–Crippen LogP) is 4.95. The lowest BCUT2D eigenvalue weighted by Gasteiger charge is -2.13. The fourth-order valence-electron chi connectivity index (χ4n) is 2.91. The molecule has 1 aromatic heterocycles. The summed E-state index contributed by atoms with van der Waals surface area (Å²) in [6.07, 6.45) is -2.77. The topological polar surface area (TPSA) is 63.1 Å². The summed E-state index contributed by atoms with van der Waals surface area (Å²) in [5.74, 6) is 0.154. The van der Waals surface area contributed by atoms with E-state index in [1.165, 1.54) is 12.1 Å². The van der Waals surface area contributed by atoms with Crippen LogP contribution in [0.3, 0.4) is 0 Å². The van der Waals surface area contributed by atoms with Gasteiger partial charge in [-0.05, 0) is 42.5 Å². The van der Waals surface area contributed by atoms with Gasteiger partial charge in [0.1, 0.15) is 0 Å². The first kappa shape index (κ1) is 23.4. The third-order valence-corrected chi connectivity index (χ3v) is 5.44. The summed E-state index contributed by atoms with van der Waals surface area (Å²) in [6, 6.07) is 12.3. The number of amides is 1. The Bertz CT molecular complexity index is 1090. The molecule has 0 spiro atoms. The van der Waals surface area contributed by atoms with Gasteiger partial charge >= 0.3 is 6.18 Å². The average Bonchev–Trinajstić information content (AvgIpc) is 3.15. The Morgan fingerprint density at radius 3 is 2.53 bits per heavy atom. The molecular formula is C22H22F3N5OS. The van der Waals surface area contributed by atoms with E-state index in [0.29, 0.717) is 17.5 Å². The Morgan fingerprint density at radius 2 is 1.91 bits per heavy atom. The van der Waals surface area contributed by atoms with Crippen molar-refractivity contribution in [2.24, 2.45) is 0 Å². The monoisotopic (exact) mass is 461 g/mol. The number of alkyl halides is 3. The second-order valence-electron chi connectivity index (χ2n) is 7.06. The number of hydrogen-bond donors (Lipinski definition) is 1. The standard InChI is InChI=1S/C22H22F3N5OS/c1-4-12-30-20(15-8-10-18(11-9-15)29(2)3)27-28-21(30)32-14-19(31)26-17-7-5-6-16(13-17)22(23,24)25/h4-11,13H,1,12,14H2,2-3H3,(H,26,31). The number of nitrogens with zero attached hydrogens (tertiary/aromatic N) is 4. The molecule has 0 radical (unpaired) electrons. The van der Waals surface area contributed by atoms with Crippen molar-refractivity contribution in [1.29, 1.82) is 0 Å². The molecular weight excluding hydrogens is 439 g/mol. The minimum Gasteiger partial charge on any atom is -0.378 e. The number of carbonyl (C=O) groups is 1. The molecule has 0 unspecified atom stereocenters. The third kappa shape index (κ3) is 5.70. The smallest absolute Gasteiger partial charge is 0.378 e. The number of carbonyl (C=O) groups excluding carboxylic acids is 1. The first-order chi connectivity index (χ1) is 15.2. The molecule has 2 aromatic carbocycles. The summed E-state index contributed by atoms with van der Waals surface area (Å²) in [7, 11) is 3.91. The van der Waals surface area contributed by atoms with Crippen molar-refractivity contribution in [3.63, 3.8) is 0 Å². The van der Waals surface area contributed by atoms with Gasteiger partial charge in [0, 0.05) is 37.6 Å². The van der Waals surface area contributed by atoms with Crippen LogP contribution in [0.15, 0.2) is 66.3 Å². The summed E-state index contributed by atoms with van der Waals surface area (Å²) in [4.78, 5) is 14.3. The zero-order valence-corrected chi connectivity index (χ0v) is 18.4. The summed E-state index contributed by atoms with van der Waals surface area (Å²) >= 11 is 1.15. The van der Waals surface area contributed by atoms with Crippen LogP contribution in [0.1, 0.15) is 5.56 Å². The van der Waals surface area contributed by atoms with Gasteiger partial charge in [0.05, 0.1) is 11.3 Å². The molecule has 3 rings (SSSR count). The van der Waals surface area contributed by atoms with Crippen LogP contribution >= 0.6 is 11.8 Å². The van der Waals surface area contributed by atoms with Gasteiger partial charge < -0.3 is 10.2 Å². The van der Waals surface area contributed by atoms with Crippen molar-refractivity contribution in [3.05, 3.63) is 66.7 Å². The van der Waals surface area contributed by atoms with Gasteiger partial charge in [-0.1, -0.05) is 23.9 Å². The second-order valence-corrected chi connectivity index (χ2v) is 8.00. The highest BCUT2D eigenvalue weighted by Crippen LogP contribution is 2.31. The van der Waals surface area contributed by atoms with E-state index in [1.54, 1.807) is 6.08 Å². The van der Waals surface area contributed by atoms with Crippen molar-refractivity contribution in [2.45, 2.75) is 17.9 Å². The van der Waals surface area contributed by atoms with Gasteiger partial charge in [-0.3, -0.25) is 9.36 Å². The Balaban J connectivity index is 1.71. The van der Waals surface area contributed by atoms with E-state index in [4.69, 9.17) is 0 Å².